The van der Waals surface area contributed by atoms with Crippen molar-refractivity contribution in [2.45, 2.75) is 38.1 Å². The summed E-state index contributed by atoms with van der Waals surface area (Å²) in [5.74, 6) is 1.28. The second-order valence-electron chi connectivity index (χ2n) is 7.44. The lowest BCUT2D eigenvalue weighted by atomic mass is 10.3. The summed E-state index contributed by atoms with van der Waals surface area (Å²) in [4.78, 5) is 19.9. The number of nitrogens with one attached hydrogen (secondary N) is 1. The summed E-state index contributed by atoms with van der Waals surface area (Å²) in [6.07, 6.45) is 3.60. The quantitative estimate of drug-likeness (QED) is 0.625. The smallest absolute Gasteiger partial charge is 0.265 e. The van der Waals surface area contributed by atoms with Crippen molar-refractivity contribution in [2.24, 2.45) is 7.05 Å². The average Bonchev–Trinajstić information content (AvgIpc) is 3.46. The normalized spacial score (nSPS) is 14.6. The number of thiazole rings is 1. The summed E-state index contributed by atoms with van der Waals surface area (Å²) in [6, 6.07) is 5.11. The number of carbonyl (C=O) groups is 1. The van der Waals surface area contributed by atoms with Gasteiger partial charge in [-0.3, -0.25) is 4.79 Å². The highest BCUT2D eigenvalue weighted by atomic mass is 32.2. The maximum Gasteiger partial charge on any atom is 0.265 e. The van der Waals surface area contributed by atoms with Crippen molar-refractivity contribution in [1.29, 1.82) is 0 Å². The van der Waals surface area contributed by atoms with E-state index in [2.05, 4.69) is 9.71 Å². The highest BCUT2D eigenvalue weighted by Gasteiger charge is 2.26. The predicted octanol–water partition coefficient (Wildman–Crippen LogP) is 3.07. The lowest BCUT2D eigenvalue weighted by Crippen LogP contribution is -2.27. The van der Waals surface area contributed by atoms with Crippen molar-refractivity contribution in [2.75, 3.05) is 13.1 Å². The van der Waals surface area contributed by atoms with E-state index in [9.17, 15) is 13.2 Å². The number of furan rings is 1. The minimum atomic E-state index is -3.72. The van der Waals surface area contributed by atoms with Gasteiger partial charge in [0, 0.05) is 26.3 Å². The number of nitrogens with zero attached hydrogens (tertiary/aromatic N) is 3. The first-order chi connectivity index (χ1) is 14.2. The number of hydrogen-bond donors (Lipinski definition) is 1. The fourth-order valence-electron chi connectivity index (χ4n) is 3.49. The average molecular weight is 449 g/mol. The van der Waals surface area contributed by atoms with Crippen LogP contribution in [0, 0.1) is 13.8 Å². The molecule has 0 saturated carbocycles. The Morgan fingerprint density at radius 3 is 2.67 bits per heavy atom. The van der Waals surface area contributed by atoms with E-state index < -0.39 is 10.0 Å². The van der Waals surface area contributed by atoms with E-state index in [-0.39, 0.29) is 17.3 Å². The molecule has 1 amide bonds. The number of aromatic nitrogens is 2. The van der Waals surface area contributed by atoms with E-state index >= 15 is 0 Å². The molecule has 1 saturated heterocycles. The molecule has 3 aromatic heterocycles. The highest BCUT2D eigenvalue weighted by Crippen LogP contribution is 2.31. The second-order valence-corrected chi connectivity index (χ2v) is 10.2. The van der Waals surface area contributed by atoms with Crippen LogP contribution < -0.4 is 4.72 Å². The molecule has 0 aliphatic carbocycles. The minimum Gasteiger partial charge on any atom is -0.465 e. The van der Waals surface area contributed by atoms with Crippen molar-refractivity contribution < 1.29 is 17.6 Å². The zero-order chi connectivity index (χ0) is 21.5. The Balaban J connectivity index is 1.56. The number of likely N-dealkylation sites (tertiary alicyclic amines) is 1. The van der Waals surface area contributed by atoms with Crippen molar-refractivity contribution in [3.05, 3.63) is 46.5 Å². The van der Waals surface area contributed by atoms with Gasteiger partial charge in [0.2, 0.25) is 10.0 Å². The minimum absolute atomic E-state index is 0.00575. The molecule has 8 nitrogen and oxygen atoms in total. The lowest BCUT2D eigenvalue weighted by Gasteiger charge is -2.13. The maximum absolute atomic E-state index is 12.8. The fourth-order valence-corrected chi connectivity index (χ4v) is 5.65. The molecule has 0 unspecified atom stereocenters. The molecule has 0 spiro atoms. The van der Waals surface area contributed by atoms with E-state index in [0.717, 1.165) is 31.7 Å². The van der Waals surface area contributed by atoms with Crippen LogP contribution in [0.3, 0.4) is 0 Å². The molecule has 1 aliphatic rings. The fraction of sp³-hybridized carbons (Fsp3) is 0.400. The molecule has 4 heterocycles. The zero-order valence-corrected chi connectivity index (χ0v) is 18.8. The van der Waals surface area contributed by atoms with Crippen LogP contribution in [-0.4, -0.2) is 41.9 Å². The summed E-state index contributed by atoms with van der Waals surface area (Å²) in [7, 11) is -1.95. The van der Waals surface area contributed by atoms with Crippen molar-refractivity contribution in [3.8, 4) is 10.7 Å². The first-order valence-corrected chi connectivity index (χ1v) is 12.0. The SMILES string of the molecule is Cc1ccc(CNS(=O)(=O)c2cc(-c3nc(C)c(C(=O)N4CCCC4)s3)n(C)c2)o1. The summed E-state index contributed by atoms with van der Waals surface area (Å²) in [5, 5.41) is 0.626. The molecule has 30 heavy (non-hydrogen) atoms. The third-order valence-electron chi connectivity index (χ3n) is 5.13. The number of amides is 1. The summed E-state index contributed by atoms with van der Waals surface area (Å²) < 4.78 is 35.1. The van der Waals surface area contributed by atoms with Gasteiger partial charge in [-0.15, -0.1) is 11.3 Å². The van der Waals surface area contributed by atoms with Crippen LogP contribution in [0.1, 0.15) is 39.7 Å². The maximum atomic E-state index is 12.8. The monoisotopic (exact) mass is 448 g/mol. The first kappa shape index (κ1) is 20.8. The number of carbonyl (C=O) groups excluding carboxylic acids is 1. The molecule has 0 bridgehead atoms. The molecule has 4 rings (SSSR count). The van der Waals surface area contributed by atoms with E-state index in [4.69, 9.17) is 4.42 Å². The third kappa shape index (κ3) is 4.07. The van der Waals surface area contributed by atoms with E-state index in [1.54, 1.807) is 42.9 Å². The van der Waals surface area contributed by atoms with Crippen LogP contribution in [0.15, 0.2) is 33.7 Å². The Morgan fingerprint density at radius 1 is 1.27 bits per heavy atom. The number of aryl methyl sites for hydroxylation is 3. The predicted molar refractivity (Wildman–Crippen MR) is 114 cm³/mol. The first-order valence-electron chi connectivity index (χ1n) is 9.73. The van der Waals surface area contributed by atoms with Crippen molar-refractivity contribution in [3.63, 3.8) is 0 Å². The molecular weight excluding hydrogens is 424 g/mol. The van der Waals surface area contributed by atoms with Gasteiger partial charge in [0.25, 0.3) is 5.91 Å². The molecule has 0 aromatic carbocycles. The molecule has 1 N–H and O–H groups in total. The Hall–Kier alpha value is -2.43. The van der Waals surface area contributed by atoms with Gasteiger partial charge in [-0.25, -0.2) is 18.1 Å². The van der Waals surface area contributed by atoms with Gasteiger partial charge in [0.05, 0.1) is 17.9 Å². The van der Waals surface area contributed by atoms with E-state index in [1.165, 1.54) is 11.3 Å². The van der Waals surface area contributed by atoms with Crippen LogP contribution >= 0.6 is 11.3 Å². The zero-order valence-electron chi connectivity index (χ0n) is 17.1. The summed E-state index contributed by atoms with van der Waals surface area (Å²) >= 11 is 1.31. The second kappa shape index (κ2) is 8.01. The summed E-state index contributed by atoms with van der Waals surface area (Å²) in [5.41, 5.74) is 1.32. The highest BCUT2D eigenvalue weighted by molar-refractivity contribution is 7.89. The van der Waals surface area contributed by atoms with Crippen LogP contribution in [0.25, 0.3) is 10.7 Å². The largest absolute Gasteiger partial charge is 0.465 e. The van der Waals surface area contributed by atoms with Crippen LogP contribution in [-0.2, 0) is 23.6 Å². The standard InChI is InChI=1S/C20H24N4O4S2/c1-13-6-7-15(28-13)11-21-30(26,27)16-10-17(23(3)12-16)19-22-14(2)18(29-19)20(25)24-8-4-5-9-24/h6-7,10,12,21H,4-5,8-9,11H2,1-3H3. The molecular formula is C20H24N4O4S2. The molecule has 0 radical (unpaired) electrons. The number of rotatable bonds is 6. The van der Waals surface area contributed by atoms with Gasteiger partial charge in [-0.2, -0.15) is 0 Å². The van der Waals surface area contributed by atoms with Gasteiger partial charge in [-0.1, -0.05) is 0 Å². The molecule has 1 aliphatic heterocycles. The Bertz CT molecular complexity index is 1180. The molecule has 10 heteroatoms. The Kier molecular flexibility index (Phi) is 5.56. The molecule has 0 atom stereocenters. The lowest BCUT2D eigenvalue weighted by molar-refractivity contribution is 0.0796. The molecule has 160 valence electrons. The Labute approximate surface area is 179 Å². The van der Waals surface area contributed by atoms with Crippen molar-refractivity contribution in [1.82, 2.24) is 19.2 Å². The molecule has 3 aromatic rings. The van der Waals surface area contributed by atoms with Crippen molar-refractivity contribution >= 4 is 27.3 Å². The van der Waals surface area contributed by atoms with Gasteiger partial charge in [0.15, 0.2) is 0 Å². The number of hydrogen-bond acceptors (Lipinski definition) is 6. The van der Waals surface area contributed by atoms with Gasteiger partial charge in [-0.05, 0) is 44.9 Å². The molecule has 1 fully saturated rings. The topological polar surface area (TPSA) is 97.4 Å². The van der Waals surface area contributed by atoms with Gasteiger partial charge >= 0.3 is 0 Å². The third-order valence-corrected chi connectivity index (χ3v) is 7.66. The van der Waals surface area contributed by atoms with Crippen LogP contribution in [0.4, 0.5) is 0 Å². The number of sulfonamides is 1. The summed E-state index contributed by atoms with van der Waals surface area (Å²) in [6.45, 7) is 5.25. The Morgan fingerprint density at radius 2 is 2.00 bits per heavy atom. The van der Waals surface area contributed by atoms with Gasteiger partial charge in [0.1, 0.15) is 26.3 Å². The van der Waals surface area contributed by atoms with E-state index in [1.807, 2.05) is 11.8 Å². The van der Waals surface area contributed by atoms with Gasteiger partial charge < -0.3 is 13.9 Å². The van der Waals surface area contributed by atoms with Crippen LogP contribution in [0.5, 0.6) is 0 Å². The van der Waals surface area contributed by atoms with E-state index in [0.29, 0.717) is 27.0 Å². The van der Waals surface area contributed by atoms with Crippen LogP contribution in [0.2, 0.25) is 0 Å².